The van der Waals surface area contributed by atoms with E-state index in [1.807, 2.05) is 12.4 Å². The van der Waals surface area contributed by atoms with Crippen LogP contribution in [0, 0.1) is 0 Å². The number of fused-ring (bicyclic) bond motifs is 3. The predicted octanol–water partition coefficient (Wildman–Crippen LogP) is 4.40. The Labute approximate surface area is 113 Å². The van der Waals surface area contributed by atoms with Gasteiger partial charge in [-0.05, 0) is 55.0 Å². The van der Waals surface area contributed by atoms with Crippen LogP contribution in [0.25, 0.3) is 6.08 Å². The van der Waals surface area contributed by atoms with Crippen molar-refractivity contribution in [1.29, 1.82) is 0 Å². The zero-order chi connectivity index (χ0) is 12.7. The molecule has 0 aromatic heterocycles. The molecule has 19 heavy (non-hydrogen) atoms. The molecule has 0 N–H and O–H groups in total. The Balaban J connectivity index is 1.89. The molecule has 1 aromatic carbocycles. The maximum atomic E-state index is 4.58. The van der Waals surface area contributed by atoms with E-state index in [0.29, 0.717) is 0 Å². The van der Waals surface area contributed by atoms with Crippen molar-refractivity contribution in [3.8, 4) is 0 Å². The molecule has 0 bridgehead atoms. The van der Waals surface area contributed by atoms with Gasteiger partial charge in [-0.25, -0.2) is 4.99 Å². The average molecular weight is 248 g/mol. The molecule has 0 unspecified atom stereocenters. The van der Waals surface area contributed by atoms with Crippen LogP contribution in [0.1, 0.15) is 31.2 Å². The van der Waals surface area contributed by atoms with Crippen molar-refractivity contribution in [3.05, 3.63) is 58.9 Å². The van der Waals surface area contributed by atoms with Crippen LogP contribution in [0.4, 0.5) is 5.69 Å². The summed E-state index contributed by atoms with van der Waals surface area (Å²) in [6, 6.07) is 8.34. The van der Waals surface area contributed by atoms with Crippen LogP contribution >= 0.6 is 0 Å². The summed E-state index contributed by atoms with van der Waals surface area (Å²) in [7, 11) is 0. The van der Waals surface area contributed by atoms with Crippen LogP contribution in [0.15, 0.2) is 58.4 Å². The molecule has 0 radical (unpaired) electrons. The number of benzene rings is 1. The van der Waals surface area contributed by atoms with Crippen LogP contribution in [0.5, 0.6) is 0 Å². The molecular formula is C17H16N2. The minimum absolute atomic E-state index is 1.05. The van der Waals surface area contributed by atoms with Crippen LogP contribution < -0.4 is 0 Å². The van der Waals surface area contributed by atoms with Crippen LogP contribution in [0.3, 0.4) is 0 Å². The molecule has 2 heterocycles. The third-order valence-electron chi connectivity index (χ3n) is 4.08. The molecule has 0 saturated carbocycles. The lowest BCUT2D eigenvalue weighted by atomic mass is 9.87. The minimum Gasteiger partial charge on any atom is -0.308 e. The lowest BCUT2D eigenvalue weighted by molar-refractivity contribution is 0.625. The van der Waals surface area contributed by atoms with Gasteiger partial charge in [0.15, 0.2) is 0 Å². The zero-order valence-electron chi connectivity index (χ0n) is 10.8. The molecule has 1 aliphatic carbocycles. The van der Waals surface area contributed by atoms with Gasteiger partial charge < -0.3 is 4.90 Å². The summed E-state index contributed by atoms with van der Waals surface area (Å²) in [4.78, 5) is 6.74. The first-order valence-corrected chi connectivity index (χ1v) is 6.96. The van der Waals surface area contributed by atoms with Crippen molar-refractivity contribution in [2.45, 2.75) is 25.7 Å². The van der Waals surface area contributed by atoms with Gasteiger partial charge in [0, 0.05) is 11.8 Å². The summed E-state index contributed by atoms with van der Waals surface area (Å²) < 4.78 is 0. The van der Waals surface area contributed by atoms with Gasteiger partial charge in [-0.3, -0.25) is 0 Å². The second kappa shape index (κ2) is 4.23. The molecule has 4 rings (SSSR count). The van der Waals surface area contributed by atoms with Gasteiger partial charge >= 0.3 is 0 Å². The Bertz CT molecular complexity index is 647. The van der Waals surface area contributed by atoms with Crippen LogP contribution in [-0.4, -0.2) is 11.2 Å². The first kappa shape index (κ1) is 10.8. The predicted molar refractivity (Wildman–Crippen MR) is 79.0 cm³/mol. The summed E-state index contributed by atoms with van der Waals surface area (Å²) in [6.07, 6.45) is 13.7. The Kier molecular flexibility index (Phi) is 2.41. The molecule has 2 nitrogen and oxygen atoms in total. The number of hydrogen-bond acceptors (Lipinski definition) is 2. The van der Waals surface area contributed by atoms with Crippen LogP contribution in [-0.2, 0) is 0 Å². The van der Waals surface area contributed by atoms with Crippen molar-refractivity contribution in [3.63, 3.8) is 0 Å². The number of nitrogens with zero attached hydrogens (tertiary/aromatic N) is 2. The second-order valence-electron chi connectivity index (χ2n) is 5.27. The monoisotopic (exact) mass is 248 g/mol. The average Bonchev–Trinajstić information content (AvgIpc) is 2.66. The molecule has 0 spiro atoms. The summed E-state index contributed by atoms with van der Waals surface area (Å²) in [5.41, 5.74) is 6.60. The minimum atomic E-state index is 1.05. The Hall–Kier alpha value is -2.09. The summed E-state index contributed by atoms with van der Waals surface area (Å²) in [6.45, 7) is 0. The number of aliphatic imine (C=N–C) groups is 1. The molecule has 0 saturated heterocycles. The first-order valence-electron chi connectivity index (χ1n) is 6.96. The largest absolute Gasteiger partial charge is 0.308 e. The highest BCUT2D eigenvalue weighted by Gasteiger charge is 2.22. The molecule has 0 atom stereocenters. The molecule has 2 aliphatic heterocycles. The van der Waals surface area contributed by atoms with Crippen molar-refractivity contribution >= 4 is 18.1 Å². The third-order valence-corrected chi connectivity index (χ3v) is 4.08. The van der Waals surface area contributed by atoms with Crippen molar-refractivity contribution < 1.29 is 0 Å². The van der Waals surface area contributed by atoms with Crippen molar-refractivity contribution in [2.75, 3.05) is 0 Å². The quantitative estimate of drug-likeness (QED) is 0.664. The number of hydrogen-bond donors (Lipinski definition) is 0. The van der Waals surface area contributed by atoms with Gasteiger partial charge in [-0.15, -0.1) is 0 Å². The van der Waals surface area contributed by atoms with Gasteiger partial charge in [0.05, 0.1) is 17.7 Å². The van der Waals surface area contributed by atoms with Gasteiger partial charge in [0.2, 0.25) is 0 Å². The Morgan fingerprint density at radius 3 is 2.95 bits per heavy atom. The standard InChI is InChI=1S/C17H16N2/c1-3-7-15-13(5-1)9-10-19-12-18-16-8-4-2-6-14(16)11-17(15)19/h2,4,6,8-12H,1,3,5,7H2. The smallest absolute Gasteiger partial charge is 0.0998 e. The number of rotatable bonds is 0. The molecule has 3 aliphatic rings. The SMILES string of the molecule is C1=CN2C=Nc3ccccc3C=C2C2=C1CCCC2. The molecule has 0 amide bonds. The van der Waals surface area contributed by atoms with E-state index < -0.39 is 0 Å². The van der Waals surface area contributed by atoms with E-state index in [9.17, 15) is 0 Å². The van der Waals surface area contributed by atoms with Gasteiger partial charge in [-0.1, -0.05) is 18.2 Å². The Morgan fingerprint density at radius 2 is 1.95 bits per heavy atom. The number of allylic oxidation sites excluding steroid dienone is 3. The summed E-state index contributed by atoms with van der Waals surface area (Å²) in [5.74, 6) is 0. The molecule has 1 aromatic rings. The first-order chi connectivity index (χ1) is 9.42. The van der Waals surface area contributed by atoms with Crippen LogP contribution in [0.2, 0.25) is 0 Å². The van der Waals surface area contributed by atoms with E-state index in [4.69, 9.17) is 0 Å². The van der Waals surface area contributed by atoms with E-state index in [0.717, 1.165) is 5.69 Å². The zero-order valence-corrected chi connectivity index (χ0v) is 10.8. The fraction of sp³-hybridized carbons (Fsp3) is 0.235. The molecule has 0 fully saturated rings. The normalized spacial score (nSPS) is 20.4. The lowest BCUT2D eigenvalue weighted by Gasteiger charge is -2.29. The van der Waals surface area contributed by atoms with E-state index in [-0.39, 0.29) is 0 Å². The van der Waals surface area contributed by atoms with E-state index in [1.165, 1.54) is 48.1 Å². The lowest BCUT2D eigenvalue weighted by Crippen LogP contribution is -2.20. The maximum absolute atomic E-state index is 4.58. The highest BCUT2D eigenvalue weighted by atomic mass is 15.2. The van der Waals surface area contributed by atoms with Gasteiger partial charge in [0.1, 0.15) is 0 Å². The fourth-order valence-electron chi connectivity index (χ4n) is 3.07. The maximum Gasteiger partial charge on any atom is 0.0998 e. The van der Waals surface area contributed by atoms with E-state index >= 15 is 0 Å². The van der Waals surface area contributed by atoms with E-state index in [2.05, 4.69) is 46.4 Å². The molecular weight excluding hydrogens is 232 g/mol. The Morgan fingerprint density at radius 1 is 1.05 bits per heavy atom. The van der Waals surface area contributed by atoms with Crippen molar-refractivity contribution in [1.82, 2.24) is 4.90 Å². The topological polar surface area (TPSA) is 15.6 Å². The van der Waals surface area contributed by atoms with Gasteiger partial charge in [-0.2, -0.15) is 0 Å². The fourth-order valence-corrected chi connectivity index (χ4v) is 3.07. The number of para-hydroxylation sites is 1. The summed E-state index contributed by atoms with van der Waals surface area (Å²) in [5, 5.41) is 0. The molecule has 2 heteroatoms. The van der Waals surface area contributed by atoms with Crippen molar-refractivity contribution in [2.24, 2.45) is 4.99 Å². The van der Waals surface area contributed by atoms with Gasteiger partial charge in [0.25, 0.3) is 0 Å². The second-order valence-corrected chi connectivity index (χ2v) is 5.27. The third kappa shape index (κ3) is 1.75. The highest BCUT2D eigenvalue weighted by molar-refractivity contribution is 5.80. The van der Waals surface area contributed by atoms with E-state index in [1.54, 1.807) is 0 Å². The molecule has 94 valence electrons. The highest BCUT2D eigenvalue weighted by Crippen LogP contribution is 2.38. The summed E-state index contributed by atoms with van der Waals surface area (Å²) >= 11 is 0.